The summed E-state index contributed by atoms with van der Waals surface area (Å²) in [7, 11) is -3.29. The molecule has 1 rings (SSSR count). The second kappa shape index (κ2) is 3.18. The van der Waals surface area contributed by atoms with Gasteiger partial charge in [0.05, 0.1) is 22.5 Å². The number of sulfone groups is 1. The van der Waals surface area contributed by atoms with Gasteiger partial charge in [-0.15, -0.1) is 0 Å². The molecule has 1 aliphatic rings. The molecule has 0 aromatic heterocycles. The summed E-state index contributed by atoms with van der Waals surface area (Å²) >= 11 is -1.49. The third-order valence-corrected chi connectivity index (χ3v) is 4.81. The molecule has 13 heavy (non-hydrogen) atoms. The zero-order valence-electron chi connectivity index (χ0n) is 7.83. The molecule has 1 unspecified atom stereocenters. The van der Waals surface area contributed by atoms with E-state index in [1.807, 2.05) is 20.8 Å². The lowest BCUT2D eigenvalue weighted by Gasteiger charge is -2.27. The number of nitrogens with one attached hydrogen (secondary N) is 1. The van der Waals surface area contributed by atoms with Gasteiger partial charge in [-0.25, -0.2) is 13.1 Å². The number of rotatable bonds is 0. The third-order valence-electron chi connectivity index (χ3n) is 1.60. The van der Waals surface area contributed by atoms with Crippen LogP contribution in [-0.4, -0.2) is 18.1 Å². The molecule has 4 nitrogen and oxygen atoms in total. The van der Waals surface area contributed by atoms with E-state index in [-0.39, 0.29) is 10.5 Å². The third kappa shape index (κ3) is 2.89. The van der Waals surface area contributed by atoms with E-state index in [9.17, 15) is 13.0 Å². The summed E-state index contributed by atoms with van der Waals surface area (Å²) in [6.45, 7) is 5.59. The molecule has 76 valence electrons. The molecule has 1 heterocycles. The van der Waals surface area contributed by atoms with E-state index >= 15 is 0 Å². The zero-order valence-corrected chi connectivity index (χ0v) is 9.46. The van der Waals surface area contributed by atoms with Crippen molar-refractivity contribution in [1.29, 1.82) is 0 Å². The van der Waals surface area contributed by atoms with Crippen molar-refractivity contribution in [3.8, 4) is 0 Å². The number of allylic oxidation sites excluding steroid dienone is 1. The largest absolute Gasteiger partial charge is 0.592 e. The molecular weight excluding hydrogens is 210 g/mol. The number of hydrogen-bond acceptors (Lipinski definition) is 4. The van der Waals surface area contributed by atoms with Crippen LogP contribution in [0.4, 0.5) is 0 Å². The van der Waals surface area contributed by atoms with Gasteiger partial charge in [0.1, 0.15) is 0 Å². The second-order valence-electron chi connectivity index (χ2n) is 4.01. The van der Waals surface area contributed by atoms with Crippen molar-refractivity contribution >= 4 is 21.2 Å². The van der Waals surface area contributed by atoms with Crippen LogP contribution < -0.4 is 4.72 Å². The zero-order chi connectivity index (χ0) is 10.3. The minimum Gasteiger partial charge on any atom is -0.592 e. The van der Waals surface area contributed by atoms with Crippen LogP contribution in [0.1, 0.15) is 20.8 Å². The minimum atomic E-state index is -3.29. The molecular formula is C7H13NO3S2. The van der Waals surface area contributed by atoms with Gasteiger partial charge in [-0.05, 0) is 0 Å². The Balaban J connectivity index is 3.07. The van der Waals surface area contributed by atoms with Crippen molar-refractivity contribution in [2.45, 2.75) is 20.8 Å². The Morgan fingerprint density at radius 1 is 1.54 bits per heavy atom. The predicted octanol–water partition coefficient (Wildman–Crippen LogP) is 0.513. The van der Waals surface area contributed by atoms with E-state index in [1.165, 1.54) is 5.41 Å². The molecule has 1 atom stereocenters. The van der Waals surface area contributed by atoms with Gasteiger partial charge in [0, 0.05) is 5.41 Å². The second-order valence-corrected chi connectivity index (χ2v) is 7.41. The van der Waals surface area contributed by atoms with Gasteiger partial charge in [-0.3, -0.25) is 0 Å². The fraction of sp³-hybridized carbons (Fsp3) is 0.714. The number of hydrogen-bond donors (Lipinski definition) is 1. The first-order valence-electron chi connectivity index (χ1n) is 3.81. The Hall–Kier alpha value is -0.200. The quantitative estimate of drug-likeness (QED) is 0.608. The summed E-state index contributed by atoms with van der Waals surface area (Å²) < 4.78 is 36.2. The van der Waals surface area contributed by atoms with Gasteiger partial charge < -0.3 is 4.55 Å². The van der Waals surface area contributed by atoms with Crippen LogP contribution in [-0.2, 0) is 21.2 Å². The van der Waals surface area contributed by atoms with E-state index in [1.54, 1.807) is 0 Å². The highest BCUT2D eigenvalue weighted by molar-refractivity contribution is 8.09. The minimum absolute atomic E-state index is 0.316. The lowest BCUT2D eigenvalue weighted by atomic mass is 9.94. The molecule has 0 fully saturated rings. The highest BCUT2D eigenvalue weighted by atomic mass is 32.3. The van der Waals surface area contributed by atoms with Crippen molar-refractivity contribution in [2.75, 3.05) is 5.08 Å². The van der Waals surface area contributed by atoms with Gasteiger partial charge in [0.15, 0.2) is 0 Å². The smallest absolute Gasteiger partial charge is 0.234 e. The van der Waals surface area contributed by atoms with Gasteiger partial charge in [0.2, 0.25) is 14.9 Å². The van der Waals surface area contributed by atoms with E-state index in [2.05, 4.69) is 4.72 Å². The average molecular weight is 223 g/mol. The normalized spacial score (nSPS) is 27.7. The Morgan fingerprint density at radius 2 is 2.08 bits per heavy atom. The molecule has 0 saturated heterocycles. The molecule has 0 aromatic carbocycles. The first kappa shape index (κ1) is 10.9. The van der Waals surface area contributed by atoms with Crippen molar-refractivity contribution in [1.82, 2.24) is 4.72 Å². The lowest BCUT2D eigenvalue weighted by Crippen LogP contribution is -2.38. The Bertz CT molecular complexity index is 326. The van der Waals surface area contributed by atoms with Crippen molar-refractivity contribution < 1.29 is 13.0 Å². The molecule has 0 amide bonds. The van der Waals surface area contributed by atoms with Gasteiger partial charge in [-0.1, -0.05) is 20.8 Å². The lowest BCUT2D eigenvalue weighted by molar-refractivity contribution is 0.478. The van der Waals surface area contributed by atoms with E-state index in [0.717, 1.165) is 0 Å². The molecule has 0 bridgehead atoms. The van der Waals surface area contributed by atoms with Crippen LogP contribution in [0.2, 0.25) is 0 Å². The van der Waals surface area contributed by atoms with Gasteiger partial charge in [-0.2, -0.15) is 0 Å². The van der Waals surface area contributed by atoms with Crippen molar-refractivity contribution in [2.24, 2.45) is 5.41 Å². The maximum absolute atomic E-state index is 11.2. The molecule has 0 spiro atoms. The van der Waals surface area contributed by atoms with Crippen molar-refractivity contribution in [3.05, 3.63) is 11.1 Å². The first-order chi connectivity index (χ1) is 5.71. The van der Waals surface area contributed by atoms with E-state index < -0.39 is 21.2 Å². The first-order valence-corrected chi connectivity index (χ1v) is 6.84. The Kier molecular flexibility index (Phi) is 2.66. The summed E-state index contributed by atoms with van der Waals surface area (Å²) in [6.07, 6.45) is 0. The molecule has 1 aliphatic heterocycles. The van der Waals surface area contributed by atoms with Gasteiger partial charge in [0.25, 0.3) is 0 Å². The molecule has 6 heteroatoms. The van der Waals surface area contributed by atoms with Crippen LogP contribution in [0.15, 0.2) is 11.1 Å². The maximum atomic E-state index is 11.2. The summed E-state index contributed by atoms with van der Waals surface area (Å²) in [6, 6.07) is 0. The molecule has 0 saturated carbocycles. The van der Waals surface area contributed by atoms with E-state index in [0.29, 0.717) is 5.70 Å². The van der Waals surface area contributed by atoms with Crippen LogP contribution in [0.3, 0.4) is 0 Å². The average Bonchev–Trinajstić information content (AvgIpc) is 1.79. The summed E-state index contributed by atoms with van der Waals surface area (Å²) in [4.78, 5) is 0. The fourth-order valence-electron chi connectivity index (χ4n) is 0.869. The topological polar surface area (TPSA) is 69.2 Å². The standard InChI is InChI=1S/C7H13NO3S2/c1-7(2,3)6-4-13(10,11)5-12(9)8-6/h4,8H,5H2,1-3H3. The molecule has 0 aromatic rings. The Morgan fingerprint density at radius 3 is 2.46 bits per heavy atom. The summed E-state index contributed by atoms with van der Waals surface area (Å²) in [5.41, 5.74) is 0.195. The maximum Gasteiger partial charge on any atom is 0.234 e. The predicted molar refractivity (Wildman–Crippen MR) is 52.6 cm³/mol. The summed E-state index contributed by atoms with van der Waals surface area (Å²) in [5, 5.41) is 0.848. The van der Waals surface area contributed by atoms with E-state index in [4.69, 9.17) is 0 Å². The summed E-state index contributed by atoms with van der Waals surface area (Å²) in [5.74, 6) is 0. The monoisotopic (exact) mass is 223 g/mol. The van der Waals surface area contributed by atoms with Crippen LogP contribution >= 0.6 is 0 Å². The molecule has 1 N–H and O–H groups in total. The molecule has 0 aliphatic carbocycles. The highest BCUT2D eigenvalue weighted by Crippen LogP contribution is 2.27. The molecule has 0 radical (unpaired) electrons. The van der Waals surface area contributed by atoms with Crippen LogP contribution in [0.25, 0.3) is 0 Å². The highest BCUT2D eigenvalue weighted by Gasteiger charge is 2.31. The van der Waals surface area contributed by atoms with Crippen LogP contribution in [0.5, 0.6) is 0 Å². The fourth-order valence-corrected chi connectivity index (χ4v) is 4.03. The van der Waals surface area contributed by atoms with Crippen LogP contribution in [0, 0.1) is 5.41 Å². The van der Waals surface area contributed by atoms with Gasteiger partial charge >= 0.3 is 0 Å². The SMILES string of the molecule is CC(C)(C)C1=CS(=O)(=O)C[S+]([O-])N1. The Labute approximate surface area is 81.6 Å². The van der Waals surface area contributed by atoms with Crippen molar-refractivity contribution in [3.63, 3.8) is 0 Å².